The standard InChI is InChI=1S/C13H12O4S/c14-12(15)8-17-10-5-3-9(4-6-10)13(16)11-2-1-7-18-11/h1-7,13,16H,8H2,(H,14,15). The minimum Gasteiger partial charge on any atom is -0.482 e. The zero-order valence-corrected chi connectivity index (χ0v) is 10.3. The van der Waals surface area contributed by atoms with Crippen molar-refractivity contribution in [1.82, 2.24) is 0 Å². The van der Waals surface area contributed by atoms with Gasteiger partial charge in [-0.2, -0.15) is 0 Å². The molecule has 0 spiro atoms. The van der Waals surface area contributed by atoms with Crippen molar-refractivity contribution < 1.29 is 19.7 Å². The maximum absolute atomic E-state index is 10.3. The van der Waals surface area contributed by atoms with Crippen LogP contribution < -0.4 is 4.74 Å². The molecule has 0 fully saturated rings. The lowest BCUT2D eigenvalue weighted by atomic mass is 10.1. The van der Waals surface area contributed by atoms with Crippen LogP contribution in [0.25, 0.3) is 0 Å². The summed E-state index contributed by atoms with van der Waals surface area (Å²) in [7, 11) is 0. The molecule has 2 rings (SSSR count). The Morgan fingerprint density at radius 3 is 2.56 bits per heavy atom. The molecule has 0 radical (unpaired) electrons. The zero-order chi connectivity index (χ0) is 13.0. The molecule has 1 heterocycles. The number of carboxylic acids is 1. The van der Waals surface area contributed by atoms with Gasteiger partial charge in [0.05, 0.1) is 0 Å². The van der Waals surface area contributed by atoms with Gasteiger partial charge in [-0.3, -0.25) is 0 Å². The first kappa shape index (κ1) is 12.6. The molecule has 5 heteroatoms. The van der Waals surface area contributed by atoms with E-state index in [1.807, 2.05) is 17.5 Å². The number of hydrogen-bond donors (Lipinski definition) is 2. The summed E-state index contributed by atoms with van der Waals surface area (Å²) in [4.78, 5) is 11.2. The lowest BCUT2D eigenvalue weighted by molar-refractivity contribution is -0.139. The molecule has 2 aromatic rings. The summed E-state index contributed by atoms with van der Waals surface area (Å²) in [6.07, 6.45) is -0.654. The number of ether oxygens (including phenoxy) is 1. The Hall–Kier alpha value is -1.85. The van der Waals surface area contributed by atoms with Gasteiger partial charge in [-0.05, 0) is 29.1 Å². The summed E-state index contributed by atoms with van der Waals surface area (Å²) >= 11 is 1.49. The van der Waals surface area contributed by atoms with Gasteiger partial charge < -0.3 is 14.9 Å². The van der Waals surface area contributed by atoms with Crippen LogP contribution in [0.15, 0.2) is 41.8 Å². The van der Waals surface area contributed by atoms with Crippen LogP contribution in [0.1, 0.15) is 16.5 Å². The van der Waals surface area contributed by atoms with Crippen LogP contribution in [0.4, 0.5) is 0 Å². The molecule has 1 atom stereocenters. The van der Waals surface area contributed by atoms with E-state index < -0.39 is 12.1 Å². The third kappa shape index (κ3) is 3.09. The van der Waals surface area contributed by atoms with Crippen molar-refractivity contribution in [3.8, 4) is 5.75 Å². The summed E-state index contributed by atoms with van der Waals surface area (Å²) in [6.45, 7) is -0.368. The fraction of sp³-hybridized carbons (Fsp3) is 0.154. The largest absolute Gasteiger partial charge is 0.482 e. The highest BCUT2D eigenvalue weighted by atomic mass is 32.1. The van der Waals surface area contributed by atoms with Crippen LogP contribution in [0.2, 0.25) is 0 Å². The number of hydrogen-bond acceptors (Lipinski definition) is 4. The second kappa shape index (κ2) is 5.66. The van der Waals surface area contributed by atoms with Crippen molar-refractivity contribution >= 4 is 17.3 Å². The molecule has 0 aliphatic rings. The van der Waals surface area contributed by atoms with Crippen molar-refractivity contribution in [3.63, 3.8) is 0 Å². The number of benzene rings is 1. The Balaban J connectivity index is 2.05. The van der Waals surface area contributed by atoms with Crippen molar-refractivity contribution in [2.75, 3.05) is 6.61 Å². The molecule has 1 aromatic carbocycles. The third-order valence-corrected chi connectivity index (χ3v) is 3.30. The first-order valence-electron chi connectivity index (χ1n) is 5.33. The molecular formula is C13H12O4S. The van der Waals surface area contributed by atoms with E-state index in [-0.39, 0.29) is 6.61 Å². The van der Waals surface area contributed by atoms with Gasteiger partial charge in [0.15, 0.2) is 6.61 Å². The highest BCUT2D eigenvalue weighted by Crippen LogP contribution is 2.26. The molecule has 0 amide bonds. The molecule has 2 N–H and O–H groups in total. The lowest BCUT2D eigenvalue weighted by Crippen LogP contribution is -2.09. The van der Waals surface area contributed by atoms with Crippen LogP contribution in [0.3, 0.4) is 0 Å². The van der Waals surface area contributed by atoms with Crippen LogP contribution in [-0.4, -0.2) is 22.8 Å². The molecule has 0 bridgehead atoms. The maximum Gasteiger partial charge on any atom is 0.341 e. The molecule has 18 heavy (non-hydrogen) atoms. The maximum atomic E-state index is 10.3. The second-order valence-electron chi connectivity index (χ2n) is 3.67. The first-order chi connectivity index (χ1) is 8.66. The Morgan fingerprint density at radius 2 is 2.00 bits per heavy atom. The first-order valence-corrected chi connectivity index (χ1v) is 6.21. The summed E-state index contributed by atoms with van der Waals surface area (Å²) in [6, 6.07) is 10.5. The molecule has 0 saturated heterocycles. The summed E-state index contributed by atoms with van der Waals surface area (Å²) < 4.78 is 5.01. The number of carbonyl (C=O) groups is 1. The number of aliphatic hydroxyl groups excluding tert-OH is 1. The minimum absolute atomic E-state index is 0.368. The number of carboxylic acid groups (broad SMARTS) is 1. The molecular weight excluding hydrogens is 252 g/mol. The van der Waals surface area contributed by atoms with E-state index in [0.717, 1.165) is 10.4 Å². The fourth-order valence-electron chi connectivity index (χ4n) is 1.50. The molecule has 4 nitrogen and oxygen atoms in total. The van der Waals surface area contributed by atoms with E-state index in [0.29, 0.717) is 5.75 Å². The summed E-state index contributed by atoms with van der Waals surface area (Å²) in [5, 5.41) is 20.4. The van der Waals surface area contributed by atoms with Gasteiger partial charge in [-0.25, -0.2) is 4.79 Å². The van der Waals surface area contributed by atoms with Gasteiger partial charge in [0.2, 0.25) is 0 Å². The van der Waals surface area contributed by atoms with Gasteiger partial charge in [0, 0.05) is 4.88 Å². The van der Waals surface area contributed by atoms with Gasteiger partial charge in [-0.15, -0.1) is 11.3 Å². The Labute approximate surface area is 108 Å². The van der Waals surface area contributed by atoms with Gasteiger partial charge >= 0.3 is 5.97 Å². The topological polar surface area (TPSA) is 66.8 Å². The third-order valence-electron chi connectivity index (χ3n) is 2.37. The van der Waals surface area contributed by atoms with E-state index in [9.17, 15) is 9.90 Å². The van der Waals surface area contributed by atoms with E-state index in [1.165, 1.54) is 11.3 Å². The highest BCUT2D eigenvalue weighted by molar-refractivity contribution is 7.10. The van der Waals surface area contributed by atoms with E-state index in [2.05, 4.69) is 0 Å². The van der Waals surface area contributed by atoms with Crippen molar-refractivity contribution in [3.05, 3.63) is 52.2 Å². The lowest BCUT2D eigenvalue weighted by Gasteiger charge is -2.10. The van der Waals surface area contributed by atoms with E-state index in [1.54, 1.807) is 24.3 Å². The molecule has 0 aliphatic carbocycles. The van der Waals surface area contributed by atoms with E-state index in [4.69, 9.17) is 9.84 Å². The summed E-state index contributed by atoms with van der Waals surface area (Å²) in [5.41, 5.74) is 0.750. The van der Waals surface area contributed by atoms with Crippen molar-refractivity contribution in [1.29, 1.82) is 0 Å². The highest BCUT2D eigenvalue weighted by Gasteiger charge is 2.11. The monoisotopic (exact) mass is 264 g/mol. The molecule has 0 saturated carbocycles. The molecule has 1 aromatic heterocycles. The average Bonchev–Trinajstić information content (AvgIpc) is 2.90. The van der Waals surface area contributed by atoms with E-state index >= 15 is 0 Å². The SMILES string of the molecule is O=C(O)COc1ccc(C(O)c2cccs2)cc1. The van der Waals surface area contributed by atoms with Crippen molar-refractivity contribution in [2.24, 2.45) is 0 Å². The molecule has 0 aliphatic heterocycles. The Morgan fingerprint density at radius 1 is 1.28 bits per heavy atom. The van der Waals surface area contributed by atoms with Crippen LogP contribution in [-0.2, 0) is 4.79 Å². The number of thiophene rings is 1. The second-order valence-corrected chi connectivity index (χ2v) is 4.65. The molecule has 94 valence electrons. The predicted octanol–water partition coefficient (Wildman–Crippen LogP) is 2.29. The Kier molecular flexibility index (Phi) is 3.96. The Bertz CT molecular complexity index is 504. The predicted molar refractivity (Wildman–Crippen MR) is 68.0 cm³/mol. The minimum atomic E-state index is -1.02. The molecule has 1 unspecified atom stereocenters. The smallest absolute Gasteiger partial charge is 0.341 e. The van der Waals surface area contributed by atoms with Gasteiger partial charge in [0.1, 0.15) is 11.9 Å². The normalized spacial score (nSPS) is 12.1. The average molecular weight is 264 g/mol. The van der Waals surface area contributed by atoms with Crippen LogP contribution >= 0.6 is 11.3 Å². The summed E-state index contributed by atoms with van der Waals surface area (Å²) in [5.74, 6) is -0.544. The number of rotatable bonds is 5. The van der Waals surface area contributed by atoms with Crippen LogP contribution in [0.5, 0.6) is 5.75 Å². The fourth-order valence-corrected chi connectivity index (χ4v) is 2.24. The van der Waals surface area contributed by atoms with Gasteiger partial charge in [0.25, 0.3) is 0 Å². The quantitative estimate of drug-likeness (QED) is 0.869. The number of aliphatic carboxylic acids is 1. The van der Waals surface area contributed by atoms with Crippen molar-refractivity contribution in [2.45, 2.75) is 6.10 Å². The number of aliphatic hydroxyl groups is 1. The van der Waals surface area contributed by atoms with Gasteiger partial charge in [-0.1, -0.05) is 18.2 Å². The van der Waals surface area contributed by atoms with Crippen LogP contribution in [0, 0.1) is 0 Å². The zero-order valence-electron chi connectivity index (χ0n) is 9.45.